The third-order valence-electron chi connectivity index (χ3n) is 2.40. The number of hydrogen-bond donors (Lipinski definition) is 1. The summed E-state index contributed by atoms with van der Waals surface area (Å²) in [5.41, 5.74) is 0.441. The normalized spacial score (nSPS) is 11.2. The van der Waals surface area contributed by atoms with Crippen LogP contribution in [0.25, 0.3) is 0 Å². The minimum atomic E-state index is -0.255. The van der Waals surface area contributed by atoms with Crippen LogP contribution in [-0.2, 0) is 0 Å². The predicted molar refractivity (Wildman–Crippen MR) is 66.7 cm³/mol. The smallest absolute Gasteiger partial charge is 0.251 e. The summed E-state index contributed by atoms with van der Waals surface area (Å²) in [6.07, 6.45) is 0. The molecule has 1 aromatic rings. The van der Waals surface area contributed by atoms with E-state index in [1.165, 1.54) is 14.2 Å². The maximum Gasteiger partial charge on any atom is 0.251 e. The molecular weight excluding hydrogens is 232 g/mol. The minimum Gasteiger partial charge on any atom is -0.497 e. The molecule has 0 aliphatic rings. The average molecular weight is 248 g/mol. The molecule has 5 heteroatoms. The molecule has 1 amide bonds. The van der Waals surface area contributed by atoms with Gasteiger partial charge in [-0.1, -0.05) is 0 Å². The van der Waals surface area contributed by atoms with Gasteiger partial charge in [0.25, 0.3) is 5.91 Å². The highest BCUT2D eigenvalue weighted by molar-refractivity contribution is 5.95. The summed E-state index contributed by atoms with van der Waals surface area (Å²) >= 11 is 0. The Hall–Kier alpha value is -2.22. The Morgan fingerprint density at radius 3 is 2.33 bits per heavy atom. The molecule has 1 atom stereocenters. The molecule has 1 N–H and O–H groups in total. The van der Waals surface area contributed by atoms with Gasteiger partial charge in [-0.3, -0.25) is 4.79 Å². The van der Waals surface area contributed by atoms with E-state index in [1.54, 1.807) is 25.1 Å². The number of carbonyl (C=O) groups is 1. The zero-order valence-corrected chi connectivity index (χ0v) is 10.7. The third-order valence-corrected chi connectivity index (χ3v) is 2.40. The predicted octanol–water partition coefficient (Wildman–Crippen LogP) is 1.59. The third kappa shape index (κ3) is 3.67. The summed E-state index contributed by atoms with van der Waals surface area (Å²) in [6, 6.07) is 6.98. The number of ether oxygens (including phenoxy) is 2. The van der Waals surface area contributed by atoms with E-state index in [2.05, 4.69) is 11.4 Å². The molecule has 5 nitrogen and oxygen atoms in total. The van der Waals surface area contributed by atoms with Crippen LogP contribution in [0.2, 0.25) is 0 Å². The van der Waals surface area contributed by atoms with Crippen molar-refractivity contribution in [2.45, 2.75) is 6.92 Å². The van der Waals surface area contributed by atoms with Crippen molar-refractivity contribution in [3.05, 3.63) is 23.8 Å². The number of methoxy groups -OCH3 is 2. The second-order valence-corrected chi connectivity index (χ2v) is 3.84. The monoisotopic (exact) mass is 248 g/mol. The lowest BCUT2D eigenvalue weighted by molar-refractivity contribution is 0.0950. The lowest BCUT2D eigenvalue weighted by atomic mass is 10.1. The second-order valence-electron chi connectivity index (χ2n) is 3.84. The lowest BCUT2D eigenvalue weighted by Crippen LogP contribution is -2.27. The van der Waals surface area contributed by atoms with Gasteiger partial charge >= 0.3 is 0 Å². The molecule has 1 rings (SSSR count). The van der Waals surface area contributed by atoms with Gasteiger partial charge in [0.15, 0.2) is 0 Å². The van der Waals surface area contributed by atoms with Gasteiger partial charge in [0, 0.05) is 18.2 Å². The number of nitrogens with zero attached hydrogens (tertiary/aromatic N) is 1. The number of benzene rings is 1. The standard InChI is InChI=1S/C13H16N2O3/c1-9(7-14)8-15-13(16)10-4-11(17-2)6-12(5-10)18-3/h4-6,9H,8H2,1-3H3,(H,15,16). The Bertz CT molecular complexity index is 444. The maximum absolute atomic E-state index is 11.9. The molecule has 0 saturated carbocycles. The van der Waals surface area contributed by atoms with E-state index in [0.29, 0.717) is 23.6 Å². The van der Waals surface area contributed by atoms with Gasteiger partial charge in [-0.2, -0.15) is 5.26 Å². The van der Waals surface area contributed by atoms with Gasteiger partial charge in [-0.25, -0.2) is 0 Å². The first-order valence-electron chi connectivity index (χ1n) is 5.51. The highest BCUT2D eigenvalue weighted by atomic mass is 16.5. The van der Waals surface area contributed by atoms with Gasteiger partial charge in [0.2, 0.25) is 0 Å². The van der Waals surface area contributed by atoms with Gasteiger partial charge in [-0.15, -0.1) is 0 Å². The first kappa shape index (κ1) is 13.8. The lowest BCUT2D eigenvalue weighted by Gasteiger charge is -2.09. The van der Waals surface area contributed by atoms with Crippen LogP contribution in [0.5, 0.6) is 11.5 Å². The van der Waals surface area contributed by atoms with Crippen molar-refractivity contribution >= 4 is 5.91 Å². The van der Waals surface area contributed by atoms with E-state index in [-0.39, 0.29) is 11.8 Å². The SMILES string of the molecule is COc1cc(OC)cc(C(=O)NCC(C)C#N)c1. The second kappa shape index (κ2) is 6.50. The van der Waals surface area contributed by atoms with E-state index in [1.807, 2.05) is 0 Å². The first-order chi connectivity index (χ1) is 8.60. The summed E-state index contributed by atoms with van der Waals surface area (Å²) in [5, 5.41) is 11.3. The van der Waals surface area contributed by atoms with Crippen LogP contribution >= 0.6 is 0 Å². The molecule has 0 bridgehead atoms. The number of amides is 1. The molecule has 0 saturated heterocycles. The summed E-state index contributed by atoms with van der Waals surface area (Å²) in [4.78, 5) is 11.9. The van der Waals surface area contributed by atoms with Gasteiger partial charge < -0.3 is 14.8 Å². The Morgan fingerprint density at radius 1 is 1.33 bits per heavy atom. The quantitative estimate of drug-likeness (QED) is 0.859. The number of nitriles is 1. The molecule has 0 fully saturated rings. The fourth-order valence-corrected chi connectivity index (χ4v) is 1.33. The maximum atomic E-state index is 11.9. The van der Waals surface area contributed by atoms with Gasteiger partial charge in [-0.05, 0) is 19.1 Å². The summed E-state index contributed by atoms with van der Waals surface area (Å²) in [7, 11) is 3.04. The molecule has 0 spiro atoms. The zero-order chi connectivity index (χ0) is 13.5. The average Bonchev–Trinajstić information content (AvgIpc) is 2.43. The Balaban J connectivity index is 2.82. The van der Waals surface area contributed by atoms with E-state index in [0.717, 1.165) is 0 Å². The molecular formula is C13H16N2O3. The molecule has 0 heterocycles. The summed E-state index contributed by atoms with van der Waals surface area (Å²) in [6.45, 7) is 2.06. The van der Waals surface area contributed by atoms with Crippen LogP contribution in [0.4, 0.5) is 0 Å². The zero-order valence-electron chi connectivity index (χ0n) is 10.7. The highest BCUT2D eigenvalue weighted by Crippen LogP contribution is 2.22. The van der Waals surface area contributed by atoms with Crippen molar-refractivity contribution < 1.29 is 14.3 Å². The molecule has 96 valence electrons. The van der Waals surface area contributed by atoms with E-state index < -0.39 is 0 Å². The van der Waals surface area contributed by atoms with Gasteiger partial charge in [0.1, 0.15) is 11.5 Å². The van der Waals surface area contributed by atoms with Crippen LogP contribution in [0, 0.1) is 17.2 Å². The fraction of sp³-hybridized carbons (Fsp3) is 0.385. The summed E-state index contributed by atoms with van der Waals surface area (Å²) in [5.74, 6) is 0.622. The molecule has 1 aromatic carbocycles. The topological polar surface area (TPSA) is 71.3 Å². The molecule has 0 aliphatic heterocycles. The Labute approximate surface area is 106 Å². The minimum absolute atomic E-state index is 0.221. The number of hydrogen-bond acceptors (Lipinski definition) is 4. The number of carbonyl (C=O) groups excluding carboxylic acids is 1. The van der Waals surface area contributed by atoms with Crippen LogP contribution in [0.1, 0.15) is 17.3 Å². The number of nitrogens with one attached hydrogen (secondary N) is 1. The fourth-order valence-electron chi connectivity index (χ4n) is 1.33. The van der Waals surface area contributed by atoms with E-state index in [9.17, 15) is 4.79 Å². The van der Waals surface area contributed by atoms with E-state index in [4.69, 9.17) is 14.7 Å². The molecule has 0 radical (unpaired) electrons. The van der Waals surface area contributed by atoms with Crippen LogP contribution < -0.4 is 14.8 Å². The van der Waals surface area contributed by atoms with Crippen molar-refractivity contribution in [1.82, 2.24) is 5.32 Å². The largest absolute Gasteiger partial charge is 0.497 e. The van der Waals surface area contributed by atoms with Crippen molar-refractivity contribution in [2.24, 2.45) is 5.92 Å². The first-order valence-corrected chi connectivity index (χ1v) is 5.51. The van der Waals surface area contributed by atoms with Crippen molar-refractivity contribution in [2.75, 3.05) is 20.8 Å². The van der Waals surface area contributed by atoms with Crippen molar-refractivity contribution in [3.8, 4) is 17.6 Å². The van der Waals surface area contributed by atoms with E-state index >= 15 is 0 Å². The Kier molecular flexibility index (Phi) is 5.00. The molecule has 0 aromatic heterocycles. The summed E-state index contributed by atoms with van der Waals surface area (Å²) < 4.78 is 10.2. The highest BCUT2D eigenvalue weighted by Gasteiger charge is 2.10. The molecule has 0 aliphatic carbocycles. The van der Waals surface area contributed by atoms with Crippen LogP contribution in [0.15, 0.2) is 18.2 Å². The van der Waals surface area contributed by atoms with Crippen molar-refractivity contribution in [3.63, 3.8) is 0 Å². The van der Waals surface area contributed by atoms with Gasteiger partial charge in [0.05, 0.1) is 26.2 Å². The van der Waals surface area contributed by atoms with Crippen molar-refractivity contribution in [1.29, 1.82) is 5.26 Å². The molecule has 18 heavy (non-hydrogen) atoms. The number of rotatable bonds is 5. The molecule has 1 unspecified atom stereocenters. The Morgan fingerprint density at radius 2 is 1.89 bits per heavy atom. The van der Waals surface area contributed by atoms with Crippen LogP contribution in [0.3, 0.4) is 0 Å². The van der Waals surface area contributed by atoms with Crippen LogP contribution in [-0.4, -0.2) is 26.7 Å².